The lowest BCUT2D eigenvalue weighted by atomic mass is 10.1. The number of pyridine rings is 1. The molecule has 3 heterocycles. The lowest BCUT2D eigenvalue weighted by Gasteiger charge is -2.35. The number of ether oxygens (including phenoxy) is 1. The van der Waals surface area contributed by atoms with Crippen molar-refractivity contribution in [2.24, 2.45) is 0 Å². The van der Waals surface area contributed by atoms with Crippen molar-refractivity contribution >= 4 is 28.5 Å². The number of benzene rings is 2. The van der Waals surface area contributed by atoms with E-state index < -0.39 is 29.0 Å². The van der Waals surface area contributed by atoms with Crippen LogP contribution in [0.4, 0.5) is 19.3 Å². The van der Waals surface area contributed by atoms with Crippen molar-refractivity contribution < 1.29 is 28.2 Å². The van der Waals surface area contributed by atoms with Gasteiger partial charge in [0.1, 0.15) is 17.4 Å². The number of rotatable bonds is 5. The first-order valence-electron chi connectivity index (χ1n) is 10.8. The summed E-state index contributed by atoms with van der Waals surface area (Å²) in [6, 6.07) is 8.17. The molecule has 3 aromatic rings. The maximum absolute atomic E-state index is 15.3. The first-order chi connectivity index (χ1) is 16.2. The lowest BCUT2D eigenvalue weighted by Crippen LogP contribution is -2.48. The molecule has 2 fully saturated rings. The van der Waals surface area contributed by atoms with Crippen LogP contribution in [-0.4, -0.2) is 58.2 Å². The van der Waals surface area contributed by atoms with Crippen LogP contribution < -0.4 is 15.1 Å². The highest BCUT2D eigenvalue weighted by Crippen LogP contribution is 2.37. The van der Waals surface area contributed by atoms with Crippen molar-refractivity contribution in [3.05, 3.63) is 64.5 Å². The van der Waals surface area contributed by atoms with Crippen molar-refractivity contribution in [3.63, 3.8) is 0 Å². The van der Waals surface area contributed by atoms with Crippen LogP contribution in [0.1, 0.15) is 13.3 Å². The molecule has 2 aromatic carbocycles. The smallest absolute Gasteiger partial charge is 0.449 e. The van der Waals surface area contributed by atoms with Gasteiger partial charge >= 0.3 is 6.16 Å². The Kier molecular flexibility index (Phi) is 5.32. The maximum atomic E-state index is 15.3. The molecule has 0 spiro atoms. The van der Waals surface area contributed by atoms with Crippen molar-refractivity contribution in [1.82, 2.24) is 9.47 Å². The van der Waals surface area contributed by atoms with Crippen LogP contribution in [0.3, 0.4) is 0 Å². The van der Waals surface area contributed by atoms with Gasteiger partial charge < -0.3 is 19.3 Å². The molecule has 0 amide bonds. The zero-order chi connectivity index (χ0) is 24.1. The number of Topliss-reactive ketones (excluding diaryl/α,β-unsaturated/α-hetero) is 1. The van der Waals surface area contributed by atoms with Gasteiger partial charge in [-0.15, -0.1) is 0 Å². The summed E-state index contributed by atoms with van der Waals surface area (Å²) in [6.07, 6.45) is 0.335. The number of ketones is 1. The largest absolute Gasteiger partial charge is 0.511 e. The van der Waals surface area contributed by atoms with Gasteiger partial charge in [-0.2, -0.15) is 0 Å². The average Bonchev–Trinajstić information content (AvgIpc) is 3.36. The predicted octanol–water partition coefficient (Wildman–Crippen LogP) is 3.18. The van der Waals surface area contributed by atoms with Crippen LogP contribution in [0.2, 0.25) is 0 Å². The van der Waals surface area contributed by atoms with E-state index in [9.17, 15) is 18.8 Å². The van der Waals surface area contributed by atoms with Gasteiger partial charge in [0.15, 0.2) is 5.75 Å². The van der Waals surface area contributed by atoms with Crippen LogP contribution in [-0.2, 0) is 4.79 Å². The van der Waals surface area contributed by atoms with Crippen LogP contribution in [0, 0.1) is 11.6 Å². The third-order valence-corrected chi connectivity index (χ3v) is 6.43. The predicted molar refractivity (Wildman–Crippen MR) is 120 cm³/mol. The third-order valence-electron chi connectivity index (χ3n) is 6.43. The summed E-state index contributed by atoms with van der Waals surface area (Å²) in [5.41, 5.74) is 0.310. The first-order valence-corrected chi connectivity index (χ1v) is 10.8. The fourth-order valence-electron chi connectivity index (χ4n) is 5.04. The molecule has 5 rings (SSSR count). The highest BCUT2D eigenvalue weighted by molar-refractivity contribution is 5.86. The van der Waals surface area contributed by atoms with E-state index in [0.29, 0.717) is 36.5 Å². The van der Waals surface area contributed by atoms with E-state index in [-0.39, 0.29) is 23.3 Å². The Hall–Kier alpha value is -3.79. The maximum Gasteiger partial charge on any atom is 0.511 e. The second-order valence-corrected chi connectivity index (χ2v) is 8.68. The number of fused-ring (bicyclic) bond motifs is 3. The third kappa shape index (κ3) is 3.79. The van der Waals surface area contributed by atoms with Crippen LogP contribution in [0.15, 0.2) is 47.4 Å². The molecule has 1 aromatic heterocycles. The zero-order valence-electron chi connectivity index (χ0n) is 18.2. The second kappa shape index (κ2) is 8.21. The number of likely N-dealkylation sites (tertiary alicyclic amines) is 1. The molecule has 0 aliphatic carbocycles. The number of hydrogen-bond donors (Lipinski definition) is 1. The minimum absolute atomic E-state index is 0.0249. The SMILES string of the molecule is CC(=O)CN1CC2CC1CN2c1cc2c(cc1F)c(=O)c(OC(=O)O)cn2-c1ccc(F)cc1. The molecule has 2 saturated heterocycles. The molecule has 176 valence electrons. The molecular formula is C24H21F2N3O5. The molecule has 0 saturated carbocycles. The van der Waals surface area contributed by atoms with Crippen LogP contribution >= 0.6 is 0 Å². The van der Waals surface area contributed by atoms with Gasteiger partial charge in [0.25, 0.3) is 0 Å². The highest BCUT2D eigenvalue weighted by atomic mass is 19.1. The Morgan fingerprint density at radius 3 is 2.47 bits per heavy atom. The second-order valence-electron chi connectivity index (χ2n) is 8.68. The molecule has 2 atom stereocenters. The molecule has 2 aliphatic rings. The lowest BCUT2D eigenvalue weighted by molar-refractivity contribution is -0.118. The van der Waals surface area contributed by atoms with Crippen molar-refractivity contribution in [1.29, 1.82) is 0 Å². The number of aromatic nitrogens is 1. The van der Waals surface area contributed by atoms with Crippen LogP contribution in [0.25, 0.3) is 16.6 Å². The molecule has 2 bridgehead atoms. The van der Waals surface area contributed by atoms with Gasteiger partial charge in [0.2, 0.25) is 5.43 Å². The summed E-state index contributed by atoms with van der Waals surface area (Å²) in [4.78, 5) is 39.5. The molecule has 34 heavy (non-hydrogen) atoms. The zero-order valence-corrected chi connectivity index (χ0v) is 18.2. The standard InChI is InChI=1S/C24H21F2N3O5/c1-13(30)9-27-10-17-6-16(27)11-28(17)21-8-20-18(7-19(21)26)23(31)22(34-24(32)33)12-29(20)15-4-2-14(25)3-5-15/h2-5,7-8,12,16-17H,6,9-11H2,1H3,(H,32,33). The number of anilines is 1. The normalized spacial score (nSPS) is 19.7. The van der Waals surface area contributed by atoms with Crippen molar-refractivity contribution in [3.8, 4) is 11.4 Å². The average molecular weight is 469 g/mol. The topological polar surface area (TPSA) is 92.1 Å². The van der Waals surface area contributed by atoms with E-state index in [4.69, 9.17) is 5.11 Å². The monoisotopic (exact) mass is 469 g/mol. The van der Waals surface area contributed by atoms with Crippen molar-refractivity contribution in [2.75, 3.05) is 24.5 Å². The van der Waals surface area contributed by atoms with Gasteiger partial charge in [-0.1, -0.05) is 0 Å². The number of nitrogens with zero attached hydrogens (tertiary/aromatic N) is 3. The van der Waals surface area contributed by atoms with Crippen molar-refractivity contribution in [2.45, 2.75) is 25.4 Å². The minimum Gasteiger partial charge on any atom is -0.449 e. The first kappa shape index (κ1) is 22.0. The fraction of sp³-hybridized carbons (Fsp3) is 0.292. The fourth-order valence-corrected chi connectivity index (χ4v) is 5.04. The van der Waals surface area contributed by atoms with Gasteiger partial charge in [0, 0.05) is 30.9 Å². The highest BCUT2D eigenvalue weighted by Gasteiger charge is 2.44. The molecule has 10 heteroatoms. The Morgan fingerprint density at radius 1 is 1.12 bits per heavy atom. The summed E-state index contributed by atoms with van der Waals surface area (Å²) in [5, 5.41) is 8.95. The number of carboxylic acid groups (broad SMARTS) is 1. The summed E-state index contributed by atoms with van der Waals surface area (Å²) in [7, 11) is 0. The van der Waals surface area contributed by atoms with E-state index in [1.807, 2.05) is 4.90 Å². The number of halogens is 2. The summed E-state index contributed by atoms with van der Waals surface area (Å²) in [6.45, 7) is 3.09. The molecule has 2 unspecified atom stereocenters. The number of hydrogen-bond acceptors (Lipinski definition) is 6. The Balaban J connectivity index is 1.63. The molecule has 8 nitrogen and oxygen atoms in total. The van der Waals surface area contributed by atoms with E-state index >= 15 is 4.39 Å². The summed E-state index contributed by atoms with van der Waals surface area (Å²) >= 11 is 0. The van der Waals surface area contributed by atoms with Gasteiger partial charge in [-0.05, 0) is 49.7 Å². The molecular weight excluding hydrogens is 448 g/mol. The van der Waals surface area contributed by atoms with E-state index in [2.05, 4.69) is 9.64 Å². The summed E-state index contributed by atoms with van der Waals surface area (Å²) < 4.78 is 34.9. The Labute approximate surface area is 192 Å². The van der Waals surface area contributed by atoms with E-state index in [0.717, 1.165) is 12.5 Å². The Bertz CT molecular complexity index is 1370. The van der Waals surface area contributed by atoms with Crippen LogP contribution in [0.5, 0.6) is 5.75 Å². The summed E-state index contributed by atoms with van der Waals surface area (Å²) in [5.74, 6) is -1.49. The molecule has 1 N–H and O–H groups in total. The minimum atomic E-state index is -1.68. The van der Waals surface area contributed by atoms with Gasteiger partial charge in [-0.25, -0.2) is 13.6 Å². The van der Waals surface area contributed by atoms with Gasteiger partial charge in [-0.3, -0.25) is 14.5 Å². The molecule has 2 aliphatic heterocycles. The van der Waals surface area contributed by atoms with E-state index in [1.54, 1.807) is 13.0 Å². The number of carbonyl (C=O) groups is 2. The quantitative estimate of drug-likeness (QED) is 0.574. The Morgan fingerprint density at radius 2 is 1.85 bits per heavy atom. The van der Waals surface area contributed by atoms with E-state index in [1.165, 1.54) is 35.0 Å². The molecule has 0 radical (unpaired) electrons. The van der Waals surface area contributed by atoms with Gasteiger partial charge in [0.05, 0.1) is 29.3 Å². The number of piperazine rings is 1. The number of carbonyl (C=O) groups excluding carboxylic acids is 1.